The van der Waals surface area contributed by atoms with Crippen LogP contribution in [0.1, 0.15) is 17.4 Å². The number of likely N-dealkylation sites (N-methyl/N-ethyl adjacent to an activating group) is 1. The Kier molecular flexibility index (Phi) is 5.18. The molecule has 1 aliphatic rings. The highest BCUT2D eigenvalue weighted by atomic mass is 19.1. The van der Waals surface area contributed by atoms with Gasteiger partial charge in [-0.1, -0.05) is 13.0 Å². The molecule has 0 atom stereocenters. The molecule has 0 unspecified atom stereocenters. The first kappa shape index (κ1) is 17.2. The van der Waals surface area contributed by atoms with E-state index in [9.17, 15) is 13.6 Å². The lowest BCUT2D eigenvalue weighted by Gasteiger charge is -2.34. The molecule has 1 amide bonds. The minimum atomic E-state index is -0.835. The average Bonchev–Trinajstić information content (AvgIpc) is 2.65. The predicted octanol–water partition coefficient (Wildman–Crippen LogP) is 2.15. The molecule has 6 nitrogen and oxygen atoms in total. The second kappa shape index (κ2) is 7.52. The summed E-state index contributed by atoms with van der Waals surface area (Å²) in [5.41, 5.74) is -0.421. The highest BCUT2D eigenvalue weighted by molar-refractivity contribution is 6.03. The summed E-state index contributed by atoms with van der Waals surface area (Å²) in [6, 6.07) is 4.93. The number of carbonyl (C=O) groups excluding carboxylic acids is 1. The summed E-state index contributed by atoms with van der Waals surface area (Å²) < 4.78 is 27.3. The van der Waals surface area contributed by atoms with Crippen LogP contribution in [0.15, 0.2) is 30.6 Å². The molecule has 0 bridgehead atoms. The lowest BCUT2D eigenvalue weighted by atomic mass is 10.2. The van der Waals surface area contributed by atoms with E-state index in [4.69, 9.17) is 0 Å². The smallest absolute Gasteiger partial charge is 0.274 e. The Morgan fingerprint density at radius 3 is 2.48 bits per heavy atom. The SMILES string of the molecule is CCN1CCN(c2cc(C(=O)Nc3c(F)cccc3F)ncn2)CC1. The molecule has 1 aromatic carbocycles. The van der Waals surface area contributed by atoms with Crippen molar-refractivity contribution in [3.63, 3.8) is 0 Å². The van der Waals surface area contributed by atoms with Gasteiger partial charge in [0.15, 0.2) is 0 Å². The van der Waals surface area contributed by atoms with Crippen LogP contribution in [0.25, 0.3) is 0 Å². The molecule has 1 fully saturated rings. The van der Waals surface area contributed by atoms with Gasteiger partial charge in [0.05, 0.1) is 0 Å². The average molecular weight is 347 g/mol. The Hall–Kier alpha value is -2.61. The number of piperazine rings is 1. The van der Waals surface area contributed by atoms with Crippen molar-refractivity contribution >= 4 is 17.4 Å². The number of nitrogens with one attached hydrogen (secondary N) is 1. The van der Waals surface area contributed by atoms with E-state index in [0.717, 1.165) is 44.9 Å². The molecule has 2 heterocycles. The number of hydrogen-bond donors (Lipinski definition) is 1. The number of benzene rings is 1. The molecule has 0 saturated carbocycles. The first-order chi connectivity index (χ1) is 12.1. The molecule has 1 aliphatic heterocycles. The second-order valence-corrected chi connectivity index (χ2v) is 5.73. The van der Waals surface area contributed by atoms with Crippen molar-refractivity contribution in [2.75, 3.05) is 42.9 Å². The van der Waals surface area contributed by atoms with Crippen LogP contribution in [0.3, 0.4) is 0 Å². The summed E-state index contributed by atoms with van der Waals surface area (Å²) in [5, 5.41) is 2.24. The van der Waals surface area contributed by atoms with Gasteiger partial charge in [-0.25, -0.2) is 18.7 Å². The largest absolute Gasteiger partial charge is 0.354 e. The molecule has 0 radical (unpaired) electrons. The van der Waals surface area contributed by atoms with Crippen molar-refractivity contribution in [3.8, 4) is 0 Å². The molecule has 25 heavy (non-hydrogen) atoms. The van der Waals surface area contributed by atoms with Gasteiger partial charge in [-0.3, -0.25) is 4.79 Å². The van der Waals surface area contributed by atoms with Gasteiger partial charge < -0.3 is 15.1 Å². The summed E-state index contributed by atoms with van der Waals surface area (Å²) in [4.78, 5) is 24.8. The van der Waals surface area contributed by atoms with E-state index in [0.29, 0.717) is 5.82 Å². The Bertz CT molecular complexity index is 742. The lowest BCUT2D eigenvalue weighted by Crippen LogP contribution is -2.46. The monoisotopic (exact) mass is 347 g/mol. The topological polar surface area (TPSA) is 61.4 Å². The summed E-state index contributed by atoms with van der Waals surface area (Å²) in [7, 11) is 0. The van der Waals surface area contributed by atoms with Crippen LogP contribution in [0.5, 0.6) is 0 Å². The summed E-state index contributed by atoms with van der Waals surface area (Å²) in [6.45, 7) is 6.55. The first-order valence-corrected chi connectivity index (χ1v) is 8.13. The van der Waals surface area contributed by atoms with E-state index in [-0.39, 0.29) is 5.69 Å². The van der Waals surface area contributed by atoms with Crippen LogP contribution >= 0.6 is 0 Å². The van der Waals surface area contributed by atoms with Gasteiger partial charge in [-0.2, -0.15) is 0 Å². The molecular formula is C17H19F2N5O. The first-order valence-electron chi connectivity index (χ1n) is 8.13. The van der Waals surface area contributed by atoms with Crippen LogP contribution in [-0.4, -0.2) is 53.5 Å². The quantitative estimate of drug-likeness (QED) is 0.918. The van der Waals surface area contributed by atoms with Crippen LogP contribution in [0.4, 0.5) is 20.3 Å². The van der Waals surface area contributed by atoms with Crippen molar-refractivity contribution in [1.82, 2.24) is 14.9 Å². The number of rotatable bonds is 4. The highest BCUT2D eigenvalue weighted by Crippen LogP contribution is 2.19. The Labute approximate surface area is 144 Å². The molecule has 2 aromatic rings. The Morgan fingerprint density at radius 1 is 1.16 bits per heavy atom. The van der Waals surface area contributed by atoms with Gasteiger partial charge >= 0.3 is 0 Å². The minimum absolute atomic E-state index is 0.0607. The minimum Gasteiger partial charge on any atom is -0.354 e. The molecule has 1 aromatic heterocycles. The van der Waals surface area contributed by atoms with E-state index >= 15 is 0 Å². The number of aromatic nitrogens is 2. The fourth-order valence-corrected chi connectivity index (χ4v) is 2.73. The van der Waals surface area contributed by atoms with Gasteiger partial charge in [0.25, 0.3) is 5.91 Å². The molecule has 8 heteroatoms. The maximum Gasteiger partial charge on any atom is 0.274 e. The van der Waals surface area contributed by atoms with Crippen molar-refractivity contribution < 1.29 is 13.6 Å². The van der Waals surface area contributed by atoms with Gasteiger partial charge in [-0.15, -0.1) is 0 Å². The molecular weight excluding hydrogens is 328 g/mol. The summed E-state index contributed by atoms with van der Waals surface area (Å²) in [6.07, 6.45) is 1.29. The van der Waals surface area contributed by atoms with Gasteiger partial charge in [0.2, 0.25) is 0 Å². The summed E-state index contributed by atoms with van der Waals surface area (Å²) in [5.74, 6) is -1.72. The number of anilines is 2. The number of halogens is 2. The molecule has 0 aliphatic carbocycles. The maximum absolute atomic E-state index is 13.7. The third-order valence-corrected chi connectivity index (χ3v) is 4.23. The van der Waals surface area contributed by atoms with Crippen LogP contribution in [0.2, 0.25) is 0 Å². The number of nitrogens with zero attached hydrogens (tertiary/aromatic N) is 4. The van der Waals surface area contributed by atoms with Gasteiger partial charge in [-0.05, 0) is 18.7 Å². The van der Waals surface area contributed by atoms with E-state index in [1.54, 1.807) is 0 Å². The lowest BCUT2D eigenvalue weighted by molar-refractivity contribution is 0.102. The van der Waals surface area contributed by atoms with E-state index in [1.807, 2.05) is 0 Å². The van der Waals surface area contributed by atoms with Crippen molar-refractivity contribution in [2.24, 2.45) is 0 Å². The predicted molar refractivity (Wildman–Crippen MR) is 90.7 cm³/mol. The maximum atomic E-state index is 13.7. The van der Waals surface area contributed by atoms with Crippen molar-refractivity contribution in [1.29, 1.82) is 0 Å². The molecule has 1 saturated heterocycles. The highest BCUT2D eigenvalue weighted by Gasteiger charge is 2.19. The zero-order chi connectivity index (χ0) is 17.8. The van der Waals surface area contributed by atoms with Crippen molar-refractivity contribution in [3.05, 3.63) is 47.9 Å². The molecule has 132 valence electrons. The molecule has 0 spiro atoms. The zero-order valence-corrected chi connectivity index (χ0v) is 13.9. The van der Waals surface area contributed by atoms with Crippen LogP contribution < -0.4 is 10.2 Å². The van der Waals surface area contributed by atoms with Gasteiger partial charge in [0, 0.05) is 32.2 Å². The summed E-state index contributed by atoms with van der Waals surface area (Å²) >= 11 is 0. The molecule has 1 N–H and O–H groups in total. The normalized spacial score (nSPS) is 15.2. The van der Waals surface area contributed by atoms with Crippen molar-refractivity contribution in [2.45, 2.75) is 6.92 Å². The number of para-hydroxylation sites is 1. The van der Waals surface area contributed by atoms with E-state index < -0.39 is 23.2 Å². The third kappa shape index (κ3) is 3.90. The standard InChI is InChI=1S/C17H19F2N5O/c1-2-23-6-8-24(9-7-23)15-10-14(20-11-21-15)17(25)22-16-12(18)4-3-5-13(16)19/h3-5,10-11H,2,6-9H2,1H3,(H,22,25). The van der Waals surface area contributed by atoms with E-state index in [1.165, 1.54) is 18.5 Å². The van der Waals surface area contributed by atoms with E-state index in [2.05, 4.69) is 32.0 Å². The van der Waals surface area contributed by atoms with Crippen LogP contribution in [-0.2, 0) is 0 Å². The van der Waals surface area contributed by atoms with Crippen LogP contribution in [0, 0.1) is 11.6 Å². The zero-order valence-electron chi connectivity index (χ0n) is 13.9. The number of amides is 1. The fourth-order valence-electron chi connectivity index (χ4n) is 2.73. The van der Waals surface area contributed by atoms with Gasteiger partial charge in [0.1, 0.15) is 35.2 Å². The third-order valence-electron chi connectivity index (χ3n) is 4.23. The number of hydrogen-bond acceptors (Lipinski definition) is 5. The Morgan fingerprint density at radius 2 is 1.84 bits per heavy atom. The number of carbonyl (C=O) groups is 1. The molecule has 3 rings (SSSR count). The fraction of sp³-hybridized carbons (Fsp3) is 0.353. The Balaban J connectivity index is 1.74. The second-order valence-electron chi connectivity index (χ2n) is 5.73.